The summed E-state index contributed by atoms with van der Waals surface area (Å²) in [7, 11) is 0. The number of rotatable bonds is 4. The van der Waals surface area contributed by atoms with Gasteiger partial charge in [-0.25, -0.2) is 0 Å². The second-order valence-electron chi connectivity index (χ2n) is 6.33. The van der Waals surface area contributed by atoms with Crippen molar-refractivity contribution in [2.45, 2.75) is 59.5 Å². The van der Waals surface area contributed by atoms with Crippen LogP contribution in [0.3, 0.4) is 0 Å². The van der Waals surface area contributed by atoms with Crippen LogP contribution in [0.1, 0.15) is 53.5 Å². The van der Waals surface area contributed by atoms with Crippen molar-refractivity contribution < 1.29 is 4.74 Å². The summed E-state index contributed by atoms with van der Waals surface area (Å²) in [5.41, 5.74) is 1.56. The van der Waals surface area contributed by atoms with Gasteiger partial charge in [0.1, 0.15) is 5.75 Å². The third-order valence-electron chi connectivity index (χ3n) is 2.86. The molecule has 1 unspecified atom stereocenters. The molecule has 1 aromatic carbocycles. The highest BCUT2D eigenvalue weighted by molar-refractivity contribution is 5.31. The lowest BCUT2D eigenvalue weighted by Crippen LogP contribution is -2.15. The molecule has 1 heteroatoms. The molecule has 0 spiro atoms. The fraction of sp³-hybridized carbons (Fsp3) is 0.625. The van der Waals surface area contributed by atoms with Gasteiger partial charge in [0.2, 0.25) is 0 Å². The van der Waals surface area contributed by atoms with E-state index in [9.17, 15) is 0 Å². The number of hydrogen-bond donors (Lipinski definition) is 0. The lowest BCUT2D eigenvalue weighted by Gasteiger charge is -2.20. The van der Waals surface area contributed by atoms with E-state index in [1.807, 2.05) is 0 Å². The van der Waals surface area contributed by atoms with E-state index in [0.29, 0.717) is 5.92 Å². The van der Waals surface area contributed by atoms with Crippen molar-refractivity contribution in [2.24, 2.45) is 5.92 Å². The zero-order valence-electron chi connectivity index (χ0n) is 12.1. The van der Waals surface area contributed by atoms with Gasteiger partial charge >= 0.3 is 0 Å². The fourth-order valence-electron chi connectivity index (χ4n) is 1.98. The Bertz CT molecular complexity index is 330. The predicted octanol–water partition coefficient (Wildman–Crippen LogP) is 4.80. The molecule has 0 bridgehead atoms. The minimum Gasteiger partial charge on any atom is -0.491 e. The second-order valence-corrected chi connectivity index (χ2v) is 6.33. The van der Waals surface area contributed by atoms with Gasteiger partial charge in [-0.2, -0.15) is 0 Å². The topological polar surface area (TPSA) is 9.23 Å². The van der Waals surface area contributed by atoms with Crippen LogP contribution in [0, 0.1) is 5.92 Å². The normalized spacial score (nSPS) is 13.8. The average Bonchev–Trinajstić information content (AvgIpc) is 2.15. The van der Waals surface area contributed by atoms with Gasteiger partial charge in [0.15, 0.2) is 0 Å². The molecule has 17 heavy (non-hydrogen) atoms. The quantitative estimate of drug-likeness (QED) is 0.727. The summed E-state index contributed by atoms with van der Waals surface area (Å²) >= 11 is 0. The maximum absolute atomic E-state index is 5.89. The van der Waals surface area contributed by atoms with Crippen LogP contribution in [-0.4, -0.2) is 6.10 Å². The van der Waals surface area contributed by atoms with Crippen molar-refractivity contribution in [1.82, 2.24) is 0 Å². The summed E-state index contributed by atoms with van der Waals surface area (Å²) in [5.74, 6) is 1.66. The van der Waals surface area contributed by atoms with E-state index in [-0.39, 0.29) is 11.5 Å². The zero-order valence-corrected chi connectivity index (χ0v) is 12.1. The summed E-state index contributed by atoms with van der Waals surface area (Å²) in [5, 5.41) is 0. The molecule has 0 radical (unpaired) electrons. The van der Waals surface area contributed by atoms with Gasteiger partial charge in [0.05, 0.1) is 6.10 Å². The average molecular weight is 234 g/mol. The molecular formula is C16H26O. The van der Waals surface area contributed by atoms with Crippen molar-refractivity contribution in [1.29, 1.82) is 0 Å². The molecule has 0 fully saturated rings. The summed E-state index contributed by atoms with van der Waals surface area (Å²) in [6.45, 7) is 13.3. The van der Waals surface area contributed by atoms with Crippen molar-refractivity contribution in [3.63, 3.8) is 0 Å². The molecule has 1 rings (SSSR count). The Balaban J connectivity index is 2.63. The van der Waals surface area contributed by atoms with E-state index in [4.69, 9.17) is 4.74 Å². The van der Waals surface area contributed by atoms with Crippen LogP contribution in [0.2, 0.25) is 0 Å². The second kappa shape index (κ2) is 5.57. The number of benzene rings is 1. The highest BCUT2D eigenvalue weighted by atomic mass is 16.5. The van der Waals surface area contributed by atoms with Gasteiger partial charge in [-0.1, -0.05) is 46.8 Å². The van der Waals surface area contributed by atoms with Crippen LogP contribution in [-0.2, 0) is 5.41 Å². The summed E-state index contributed by atoms with van der Waals surface area (Å²) < 4.78 is 5.89. The minimum absolute atomic E-state index is 0.210. The van der Waals surface area contributed by atoms with Crippen molar-refractivity contribution in [3.05, 3.63) is 29.8 Å². The highest BCUT2D eigenvalue weighted by Gasteiger charge is 2.13. The van der Waals surface area contributed by atoms with E-state index in [1.165, 1.54) is 5.56 Å². The molecule has 1 nitrogen and oxygen atoms in total. The first kappa shape index (κ1) is 14.1. The Labute approximate surface area is 106 Å². The minimum atomic E-state index is 0.210. The van der Waals surface area contributed by atoms with Crippen LogP contribution >= 0.6 is 0 Å². The summed E-state index contributed by atoms with van der Waals surface area (Å²) in [6.07, 6.45) is 1.39. The van der Waals surface area contributed by atoms with Gasteiger partial charge < -0.3 is 4.74 Å². The third-order valence-corrected chi connectivity index (χ3v) is 2.86. The molecule has 0 aromatic heterocycles. The molecule has 1 aromatic rings. The maximum Gasteiger partial charge on any atom is 0.119 e. The molecule has 0 aliphatic rings. The number of ether oxygens (including phenoxy) is 1. The lowest BCUT2D eigenvalue weighted by molar-refractivity contribution is 0.193. The molecule has 0 amide bonds. The van der Waals surface area contributed by atoms with Crippen LogP contribution < -0.4 is 4.74 Å². The van der Waals surface area contributed by atoms with E-state index in [1.54, 1.807) is 0 Å². The molecule has 0 aliphatic carbocycles. The molecule has 1 atom stereocenters. The highest BCUT2D eigenvalue weighted by Crippen LogP contribution is 2.25. The van der Waals surface area contributed by atoms with Gasteiger partial charge in [0.25, 0.3) is 0 Å². The van der Waals surface area contributed by atoms with Crippen LogP contribution in [0.4, 0.5) is 0 Å². The Morgan fingerprint density at radius 1 is 1.00 bits per heavy atom. The van der Waals surface area contributed by atoms with E-state index >= 15 is 0 Å². The Morgan fingerprint density at radius 2 is 1.53 bits per heavy atom. The first-order valence-corrected chi connectivity index (χ1v) is 6.56. The van der Waals surface area contributed by atoms with Crippen LogP contribution in [0.5, 0.6) is 5.75 Å². The predicted molar refractivity (Wildman–Crippen MR) is 74.7 cm³/mol. The van der Waals surface area contributed by atoms with Crippen molar-refractivity contribution >= 4 is 0 Å². The number of hydrogen-bond acceptors (Lipinski definition) is 1. The molecule has 0 heterocycles. The first-order chi connectivity index (χ1) is 7.79. The van der Waals surface area contributed by atoms with Crippen molar-refractivity contribution in [2.75, 3.05) is 0 Å². The maximum atomic E-state index is 5.89. The largest absolute Gasteiger partial charge is 0.491 e. The van der Waals surface area contributed by atoms with Crippen molar-refractivity contribution in [3.8, 4) is 5.75 Å². The van der Waals surface area contributed by atoms with E-state index in [2.05, 4.69) is 65.8 Å². The smallest absolute Gasteiger partial charge is 0.119 e. The van der Waals surface area contributed by atoms with Crippen LogP contribution in [0.15, 0.2) is 24.3 Å². The van der Waals surface area contributed by atoms with Gasteiger partial charge in [-0.15, -0.1) is 0 Å². The monoisotopic (exact) mass is 234 g/mol. The third kappa shape index (κ3) is 4.80. The van der Waals surface area contributed by atoms with Gasteiger partial charge in [-0.3, -0.25) is 0 Å². The molecule has 0 aliphatic heterocycles. The molecule has 0 saturated carbocycles. The Morgan fingerprint density at radius 3 is 1.94 bits per heavy atom. The molecule has 0 saturated heterocycles. The molecular weight excluding hydrogens is 208 g/mol. The van der Waals surface area contributed by atoms with Crippen LogP contribution in [0.25, 0.3) is 0 Å². The Hall–Kier alpha value is -0.980. The van der Waals surface area contributed by atoms with Gasteiger partial charge in [0, 0.05) is 0 Å². The molecule has 0 N–H and O–H groups in total. The van der Waals surface area contributed by atoms with E-state index in [0.717, 1.165) is 12.2 Å². The summed E-state index contributed by atoms with van der Waals surface area (Å²) in [6, 6.07) is 8.49. The first-order valence-electron chi connectivity index (χ1n) is 6.56. The van der Waals surface area contributed by atoms with E-state index < -0.39 is 0 Å². The fourth-order valence-corrected chi connectivity index (χ4v) is 1.98. The standard InChI is InChI=1S/C16H26O/c1-12(2)11-13(3)17-15-9-7-14(8-10-15)16(4,5)6/h7-10,12-13H,11H2,1-6H3. The van der Waals surface area contributed by atoms with Gasteiger partial charge in [-0.05, 0) is 42.4 Å². The lowest BCUT2D eigenvalue weighted by atomic mass is 9.87. The Kier molecular flexibility index (Phi) is 4.62. The summed E-state index contributed by atoms with van der Waals surface area (Å²) in [4.78, 5) is 0. The zero-order chi connectivity index (χ0) is 13.1. The molecule has 96 valence electrons. The SMILES string of the molecule is CC(C)CC(C)Oc1ccc(C(C)(C)C)cc1.